The number of ether oxygens (including phenoxy) is 3. The third kappa shape index (κ3) is 7.93. The van der Waals surface area contributed by atoms with Crippen molar-refractivity contribution in [2.45, 2.75) is 50.6 Å². The van der Waals surface area contributed by atoms with E-state index in [4.69, 9.17) is 24.1 Å². The number of carboxylic acids is 1. The van der Waals surface area contributed by atoms with Crippen molar-refractivity contribution in [1.82, 2.24) is 10.2 Å². The van der Waals surface area contributed by atoms with Crippen LogP contribution in [0.1, 0.15) is 39.9 Å². The zero-order valence-corrected chi connectivity index (χ0v) is 21.8. The highest BCUT2D eigenvalue weighted by Gasteiger charge is 2.43. The highest BCUT2D eigenvalue weighted by atomic mass is 19.4. The number of hydrogen-bond donors (Lipinski definition) is 2. The molecule has 3 aliphatic rings. The van der Waals surface area contributed by atoms with E-state index in [0.717, 1.165) is 56.8 Å². The van der Waals surface area contributed by atoms with Gasteiger partial charge in [-0.1, -0.05) is 29.8 Å². The van der Waals surface area contributed by atoms with Gasteiger partial charge >= 0.3 is 12.1 Å². The molecular weight excluding hydrogens is 517 g/mol. The van der Waals surface area contributed by atoms with Crippen LogP contribution in [-0.2, 0) is 27.2 Å². The minimum absolute atomic E-state index is 0.0186. The highest BCUT2D eigenvalue weighted by Crippen LogP contribution is 2.34. The molecule has 0 radical (unpaired) electrons. The van der Waals surface area contributed by atoms with Crippen molar-refractivity contribution < 1.29 is 42.1 Å². The topological polar surface area (TPSA) is 97.3 Å². The molecule has 5 rings (SSSR count). The van der Waals surface area contributed by atoms with Crippen LogP contribution in [0.15, 0.2) is 42.5 Å². The first-order chi connectivity index (χ1) is 18.5. The third-order valence-corrected chi connectivity index (χ3v) is 6.97. The molecule has 1 spiro atoms. The zero-order valence-electron chi connectivity index (χ0n) is 21.8. The molecule has 0 aliphatic carbocycles. The van der Waals surface area contributed by atoms with Crippen LogP contribution in [0.25, 0.3) is 0 Å². The van der Waals surface area contributed by atoms with Crippen LogP contribution in [0, 0.1) is 6.92 Å². The molecule has 212 valence electrons. The number of carbonyl (C=O) groups excluding carboxylic acids is 1. The van der Waals surface area contributed by atoms with Gasteiger partial charge in [0.2, 0.25) is 0 Å². The molecule has 39 heavy (non-hydrogen) atoms. The van der Waals surface area contributed by atoms with E-state index in [1.165, 1.54) is 11.1 Å². The van der Waals surface area contributed by atoms with Crippen LogP contribution in [0.3, 0.4) is 0 Å². The van der Waals surface area contributed by atoms with Crippen molar-refractivity contribution in [2.24, 2.45) is 0 Å². The van der Waals surface area contributed by atoms with Gasteiger partial charge in [0, 0.05) is 38.2 Å². The lowest BCUT2D eigenvalue weighted by Gasteiger charge is -2.32. The molecule has 2 aromatic rings. The van der Waals surface area contributed by atoms with Gasteiger partial charge in [0.25, 0.3) is 5.91 Å². The number of fused-ring (bicyclic) bond motifs is 1. The fraction of sp³-hybridized carbons (Fsp3) is 0.500. The molecule has 0 saturated carbocycles. The van der Waals surface area contributed by atoms with E-state index in [0.29, 0.717) is 25.3 Å². The first-order valence-electron chi connectivity index (χ1n) is 12.9. The number of aryl methyl sites for hydroxylation is 1. The van der Waals surface area contributed by atoms with Gasteiger partial charge in [-0.25, -0.2) is 4.79 Å². The molecule has 11 heteroatoms. The Bertz CT molecular complexity index is 1160. The maximum Gasteiger partial charge on any atom is 0.490 e. The van der Waals surface area contributed by atoms with Crippen LogP contribution >= 0.6 is 0 Å². The van der Waals surface area contributed by atoms with Crippen molar-refractivity contribution in [3.8, 4) is 5.75 Å². The fourth-order valence-electron chi connectivity index (χ4n) is 4.99. The minimum atomic E-state index is -5.08. The summed E-state index contributed by atoms with van der Waals surface area (Å²) in [6.45, 7) is 7.30. The summed E-state index contributed by atoms with van der Waals surface area (Å²) in [5.74, 6) is -1.78. The summed E-state index contributed by atoms with van der Waals surface area (Å²) in [6, 6.07) is 14.2. The van der Waals surface area contributed by atoms with Crippen LogP contribution in [-0.4, -0.2) is 79.2 Å². The first kappa shape index (κ1) is 28.8. The van der Waals surface area contributed by atoms with Crippen molar-refractivity contribution in [3.63, 3.8) is 0 Å². The lowest BCUT2D eigenvalue weighted by atomic mass is 9.99. The second-order valence-electron chi connectivity index (χ2n) is 10.1. The smallest absolute Gasteiger partial charge is 0.490 e. The highest BCUT2D eigenvalue weighted by molar-refractivity contribution is 5.94. The predicted octanol–water partition coefficient (Wildman–Crippen LogP) is 3.74. The Hall–Kier alpha value is -3.15. The molecular formula is C28H33F3N2O6. The number of alkyl halides is 3. The summed E-state index contributed by atoms with van der Waals surface area (Å²) in [7, 11) is 0. The van der Waals surface area contributed by atoms with E-state index in [9.17, 15) is 18.0 Å². The lowest BCUT2D eigenvalue weighted by molar-refractivity contribution is -0.192. The van der Waals surface area contributed by atoms with Gasteiger partial charge in [0.15, 0.2) is 0 Å². The van der Waals surface area contributed by atoms with Crippen molar-refractivity contribution in [1.29, 1.82) is 0 Å². The number of rotatable bonds is 5. The molecule has 2 fully saturated rings. The van der Waals surface area contributed by atoms with Gasteiger partial charge in [-0.3, -0.25) is 9.69 Å². The number of aliphatic carboxylic acids is 1. The monoisotopic (exact) mass is 550 g/mol. The van der Waals surface area contributed by atoms with Gasteiger partial charge in [-0.05, 0) is 49.1 Å². The summed E-state index contributed by atoms with van der Waals surface area (Å²) >= 11 is 0. The number of carbonyl (C=O) groups is 2. The van der Waals surface area contributed by atoms with Gasteiger partial charge in [0.05, 0.1) is 25.9 Å². The Labute approximate surface area is 225 Å². The lowest BCUT2D eigenvalue weighted by Crippen LogP contribution is -2.45. The Balaban J connectivity index is 0.000000448. The number of nitrogens with zero attached hydrogens (tertiary/aromatic N) is 1. The van der Waals surface area contributed by atoms with E-state index < -0.39 is 12.1 Å². The summed E-state index contributed by atoms with van der Waals surface area (Å²) in [4.78, 5) is 23.8. The van der Waals surface area contributed by atoms with Crippen LogP contribution in [0.5, 0.6) is 5.75 Å². The number of amides is 1. The maximum atomic E-state index is 12.5. The van der Waals surface area contributed by atoms with E-state index in [1.807, 2.05) is 31.2 Å². The van der Waals surface area contributed by atoms with Crippen molar-refractivity contribution in [3.05, 3.63) is 64.7 Å². The number of halogens is 3. The maximum absolute atomic E-state index is 12.5. The number of carboxylic acid groups (broad SMARTS) is 1. The Kier molecular flexibility index (Phi) is 9.14. The van der Waals surface area contributed by atoms with Crippen LogP contribution in [0.4, 0.5) is 13.2 Å². The van der Waals surface area contributed by atoms with Crippen LogP contribution < -0.4 is 10.1 Å². The molecule has 3 aliphatic heterocycles. The molecule has 0 aromatic heterocycles. The summed E-state index contributed by atoms with van der Waals surface area (Å²) in [5.41, 5.74) is 4.16. The predicted molar refractivity (Wildman–Crippen MR) is 136 cm³/mol. The number of nitrogens with one attached hydrogen (secondary N) is 1. The van der Waals surface area contributed by atoms with Gasteiger partial charge in [-0.15, -0.1) is 0 Å². The number of benzene rings is 2. The average Bonchev–Trinajstić information content (AvgIpc) is 3.46. The van der Waals surface area contributed by atoms with Gasteiger partial charge in [0.1, 0.15) is 11.4 Å². The third-order valence-electron chi connectivity index (χ3n) is 6.97. The molecule has 0 bridgehead atoms. The van der Waals surface area contributed by atoms with Crippen LogP contribution in [0.2, 0.25) is 0 Å². The normalized spacial score (nSPS) is 22.8. The van der Waals surface area contributed by atoms with Crippen molar-refractivity contribution in [2.75, 3.05) is 39.5 Å². The standard InChI is InChI=1S/C26H32N2O4.C2HF3O2/c1-19-2-5-21(6-3-19)25(29)27-15-23-8-10-26(32-23)17-28(11-13-30-18-26)16-20-4-7-24-22(14-20)9-12-31-24;3-2(4,5)1(6)7/h2-7,14,23H,8-13,15-18H2,1H3,(H,27,29);(H,6,7)/t23-,26+;/m1./s1. The quantitative estimate of drug-likeness (QED) is 0.586. The molecule has 2 atom stereocenters. The molecule has 3 heterocycles. The van der Waals surface area contributed by atoms with Crippen molar-refractivity contribution >= 4 is 11.9 Å². The average molecular weight is 551 g/mol. The van der Waals surface area contributed by atoms with Gasteiger partial charge < -0.3 is 24.6 Å². The van der Waals surface area contributed by atoms with E-state index in [-0.39, 0.29) is 17.6 Å². The largest absolute Gasteiger partial charge is 0.493 e. The molecule has 1 amide bonds. The van der Waals surface area contributed by atoms with E-state index >= 15 is 0 Å². The Morgan fingerprint density at radius 1 is 1.15 bits per heavy atom. The summed E-state index contributed by atoms with van der Waals surface area (Å²) in [5, 5.41) is 10.2. The molecule has 2 N–H and O–H groups in total. The number of hydrogen-bond acceptors (Lipinski definition) is 6. The second kappa shape index (κ2) is 12.4. The zero-order chi connectivity index (χ0) is 28.0. The molecule has 2 saturated heterocycles. The summed E-state index contributed by atoms with van der Waals surface area (Å²) in [6.07, 6.45) is -2.19. The molecule has 0 unspecified atom stereocenters. The van der Waals surface area contributed by atoms with E-state index in [2.05, 4.69) is 28.4 Å². The minimum Gasteiger partial charge on any atom is -0.493 e. The first-order valence-corrected chi connectivity index (χ1v) is 12.9. The van der Waals surface area contributed by atoms with E-state index in [1.54, 1.807) is 0 Å². The van der Waals surface area contributed by atoms with Gasteiger partial charge in [-0.2, -0.15) is 13.2 Å². The SMILES string of the molecule is Cc1ccc(C(=O)NC[C@H]2CC[C@]3(COCCN(Cc4ccc5c(c4)CCO5)C3)O2)cc1.O=C(O)C(F)(F)F. The Morgan fingerprint density at radius 3 is 2.62 bits per heavy atom. The fourth-order valence-corrected chi connectivity index (χ4v) is 4.99. The summed E-state index contributed by atoms with van der Waals surface area (Å²) < 4.78 is 49.8. The second-order valence-corrected chi connectivity index (χ2v) is 10.1. The Morgan fingerprint density at radius 2 is 1.90 bits per heavy atom. The molecule has 8 nitrogen and oxygen atoms in total. The molecule has 2 aromatic carbocycles.